The normalized spacial score (nSPS) is 30.5. The number of halogens is 1. The molecule has 6 saturated heterocycles. The topological polar surface area (TPSA) is 370 Å². The van der Waals surface area contributed by atoms with Crippen molar-refractivity contribution < 1.29 is 106 Å². The zero-order chi connectivity index (χ0) is 72.9. The van der Waals surface area contributed by atoms with Gasteiger partial charge in [0.1, 0.15) is 68.0 Å². The first-order valence-corrected chi connectivity index (χ1v) is 38.6. The van der Waals surface area contributed by atoms with Gasteiger partial charge in [-0.1, -0.05) is 42.3 Å². The molecule has 8 rings (SSSR count). The molecule has 100 heavy (non-hydrogen) atoms. The number of aliphatic carboxylic acids is 2. The number of allylic oxidation sites excluding steroid dienone is 3. The Kier molecular flexibility index (Phi) is 29.0. The second-order valence-corrected chi connectivity index (χ2v) is 32.9. The third-order valence-electron chi connectivity index (χ3n) is 18.9. The van der Waals surface area contributed by atoms with E-state index in [1.165, 1.54) is 85.2 Å². The smallest absolute Gasteiger partial charge is 0.409 e. The van der Waals surface area contributed by atoms with E-state index < -0.39 is 146 Å². The van der Waals surface area contributed by atoms with Gasteiger partial charge in [-0.05, 0) is 63.6 Å². The maximum atomic E-state index is 14.4. The van der Waals surface area contributed by atoms with Crippen molar-refractivity contribution in [2.75, 3.05) is 95.2 Å². The van der Waals surface area contributed by atoms with Crippen LogP contribution in [-0.4, -0.2) is 265 Å². The van der Waals surface area contributed by atoms with Gasteiger partial charge in [-0.2, -0.15) is 0 Å². The Morgan fingerprint density at radius 2 is 1.57 bits per heavy atom. The predicted molar refractivity (Wildman–Crippen MR) is 375 cm³/mol. The number of aliphatic hydroxyl groups is 1. The summed E-state index contributed by atoms with van der Waals surface area (Å²) in [5.41, 5.74) is -1.31. The Morgan fingerprint density at radius 1 is 0.890 bits per heavy atom. The number of carboxylic acid groups (broad SMARTS) is 2. The number of hydrogen-bond acceptors (Lipinski definition) is 25. The predicted octanol–water partition coefficient (Wildman–Crippen LogP) is 4.74. The summed E-state index contributed by atoms with van der Waals surface area (Å²) in [7, 11) is 5.80. The highest BCUT2D eigenvalue weighted by atomic mass is 35.5. The maximum absolute atomic E-state index is 14.4. The highest BCUT2D eigenvalue weighted by Gasteiger charge is 2.65. The van der Waals surface area contributed by atoms with Crippen LogP contribution in [0.2, 0.25) is 5.02 Å². The number of likely N-dealkylation sites (tertiary alicyclic amines) is 2. The number of Topliss-reactive ketones (excluding diaryl/α,β-unsaturated/α-hetero) is 2. The number of benzene rings is 1. The van der Waals surface area contributed by atoms with Crippen molar-refractivity contribution in [2.45, 2.75) is 172 Å². The lowest BCUT2D eigenvalue weighted by atomic mass is 9.83. The Balaban J connectivity index is 0.751. The Labute approximate surface area is 606 Å². The molecule has 5 N–H and O–H groups in total. The molecule has 0 radical (unpaired) electrons. The number of hydrogen-bond donors (Lipinski definition) is 5. The fourth-order valence-electron chi connectivity index (χ4n) is 13.0. The standard InChI is InChI=1S/C66H89ClN6O22S5/c1-35-11-9-13-47(90-8)66(88)30-45(93-64(87)69-66)36(2)58-65(4,95-58)48(29-51(78)71(6)42-25-38(23-35)27-44(89-7)53(42)67)94-63(86)37(3)70(5)49(76)16-22-96-46-28-52(79)73(60(46)81)17-19-92-21-20-91-18-10-12-41(74)14-15-50(77)72-31-39(26-43(75)54-56(61(82)83)99-33-97-54)24-40(32-72)68-59(80)55-57(62(84)85)100-34-98-55/h9,11,13,25,27,36-37,39-40,45-48,54-58,88H,10,12,14-24,26,28-34H2,1-8H3,(H,68,80)(H,69,87)(H,82,83)(H,84,85)/b13-9+,35-11+/t36-,37+,39+,40+,45+,46?,47-,48+,54?,55?,56?,57?,58+,65-,66+/m1/s1. The monoisotopic (exact) mass is 1510 g/mol. The first kappa shape index (κ1) is 80.1. The van der Waals surface area contributed by atoms with Crippen molar-refractivity contribution in [3.8, 4) is 5.75 Å². The molecule has 552 valence electrons. The van der Waals surface area contributed by atoms with Gasteiger partial charge in [0.15, 0.2) is 5.72 Å². The Hall–Kier alpha value is -5.62. The second kappa shape index (κ2) is 36.2. The van der Waals surface area contributed by atoms with Crippen LogP contribution >= 0.6 is 70.4 Å². The molecule has 0 aromatic heterocycles. The largest absolute Gasteiger partial charge is 0.495 e. The molecule has 15 atom stereocenters. The molecule has 7 aliphatic heterocycles. The van der Waals surface area contributed by atoms with Crippen molar-refractivity contribution in [1.82, 2.24) is 25.3 Å². The Morgan fingerprint density at radius 3 is 2.26 bits per heavy atom. The number of carbonyl (C=O) groups excluding carboxylic acids is 10. The molecule has 4 bridgehead atoms. The highest BCUT2D eigenvalue weighted by Crippen LogP contribution is 2.50. The zero-order valence-electron chi connectivity index (χ0n) is 57.0. The first-order chi connectivity index (χ1) is 47.5. The summed E-state index contributed by atoms with van der Waals surface area (Å²) in [5.74, 6) is -6.74. The number of thioether (sulfide) groups is 5. The molecule has 5 unspecified atom stereocenters. The highest BCUT2D eigenvalue weighted by molar-refractivity contribution is 8.21. The van der Waals surface area contributed by atoms with E-state index in [1.807, 2.05) is 13.0 Å². The van der Waals surface area contributed by atoms with Crippen molar-refractivity contribution >= 4 is 147 Å². The number of ketones is 2. The van der Waals surface area contributed by atoms with E-state index in [0.29, 0.717) is 40.9 Å². The zero-order valence-corrected chi connectivity index (χ0v) is 61.9. The fourth-order valence-corrected chi connectivity index (χ4v) is 20.4. The number of likely N-dealkylation sites (N-methyl/N-ethyl adjacent to an activating group) is 1. The minimum atomic E-state index is -1.91. The lowest BCUT2D eigenvalue weighted by molar-refractivity contribution is -0.162. The minimum Gasteiger partial charge on any atom is -0.495 e. The van der Waals surface area contributed by atoms with Gasteiger partial charge in [-0.25, -0.2) is 9.59 Å². The number of piperidine rings is 1. The molecule has 7 amide bonds. The number of fused-ring (bicyclic) bond motifs is 5. The quantitative estimate of drug-likeness (QED) is 0.0313. The molecule has 7 heterocycles. The number of amides is 7. The summed E-state index contributed by atoms with van der Waals surface area (Å²) >= 11 is 12.8. The molecule has 28 nitrogen and oxygen atoms in total. The van der Waals surface area contributed by atoms with Crippen molar-refractivity contribution in [3.05, 3.63) is 46.5 Å². The van der Waals surface area contributed by atoms with Crippen LogP contribution in [0, 0.1) is 11.8 Å². The molecule has 7 aliphatic rings. The molecular weight excluding hydrogens is 1420 g/mol. The van der Waals surface area contributed by atoms with Crippen LogP contribution in [-0.2, 0) is 87.6 Å². The van der Waals surface area contributed by atoms with E-state index in [1.54, 1.807) is 38.1 Å². The second-order valence-electron chi connectivity index (χ2n) is 26.0. The first-order valence-electron chi connectivity index (χ1n) is 33.0. The number of methoxy groups -OCH3 is 2. The van der Waals surface area contributed by atoms with Crippen molar-refractivity contribution in [3.63, 3.8) is 0 Å². The number of nitrogens with one attached hydrogen (secondary N) is 2. The SMILES string of the molecule is COc1cc2cc(c1Cl)N(C)C(=O)C[C@H](OC(=O)[C@H](C)N(C)C(=O)CCSC1CC(=O)N(CCOCCOCCCC(=O)CCC(=O)N3C[C@H](CC(=O)C4SCSC4C(=O)O)C[C@H](NC(=O)C4SCSC4C(=O)O)C3)C1=O)[C@@]1(C)O[C@H]1[C@H](C)[C@@H]1C[C@@](O)(NC(=O)O1)[C@H](OC)/C=C/C=C(\C)C2. The number of esters is 1. The van der Waals surface area contributed by atoms with E-state index in [2.05, 4.69) is 10.6 Å². The maximum Gasteiger partial charge on any atom is 0.409 e. The summed E-state index contributed by atoms with van der Waals surface area (Å²) in [6.45, 7) is 7.51. The molecule has 0 spiro atoms. The van der Waals surface area contributed by atoms with Gasteiger partial charge in [-0.15, -0.1) is 58.8 Å². The summed E-state index contributed by atoms with van der Waals surface area (Å²) in [4.78, 5) is 164. The van der Waals surface area contributed by atoms with Crippen molar-refractivity contribution in [1.29, 1.82) is 0 Å². The van der Waals surface area contributed by atoms with Gasteiger partial charge in [0.2, 0.25) is 35.4 Å². The van der Waals surface area contributed by atoms with Gasteiger partial charge in [0, 0.05) is 114 Å². The van der Waals surface area contributed by atoms with Gasteiger partial charge >= 0.3 is 24.0 Å². The van der Waals surface area contributed by atoms with Crippen LogP contribution in [0.1, 0.15) is 97.5 Å². The van der Waals surface area contributed by atoms with Crippen LogP contribution in [0.5, 0.6) is 5.75 Å². The summed E-state index contributed by atoms with van der Waals surface area (Å²) in [6.07, 6.45) is 0.506. The number of carboxylic acids is 2. The molecule has 6 fully saturated rings. The number of carbonyl (C=O) groups is 12. The molecule has 1 aromatic carbocycles. The van der Waals surface area contributed by atoms with Crippen LogP contribution in [0.25, 0.3) is 0 Å². The summed E-state index contributed by atoms with van der Waals surface area (Å²) in [6, 6.07) is 1.72. The summed E-state index contributed by atoms with van der Waals surface area (Å²) in [5, 5.41) is 33.5. The molecular formula is C66H89ClN6O22S5. The van der Waals surface area contributed by atoms with E-state index >= 15 is 0 Å². The lowest BCUT2D eigenvalue weighted by Gasteiger charge is -2.42. The van der Waals surface area contributed by atoms with Gasteiger partial charge in [0.25, 0.3) is 0 Å². The number of rotatable bonds is 29. The number of epoxide rings is 1. The number of alkyl carbamates (subject to hydrolysis) is 1. The third kappa shape index (κ3) is 20.4. The van der Waals surface area contributed by atoms with Gasteiger partial charge in [0.05, 0.1) is 62.2 Å². The number of nitrogens with zero attached hydrogens (tertiary/aromatic N) is 4. The number of imide groups is 1. The average molecular weight is 1510 g/mol. The van der Waals surface area contributed by atoms with Crippen LogP contribution in [0.15, 0.2) is 35.9 Å². The molecule has 0 saturated carbocycles. The van der Waals surface area contributed by atoms with Gasteiger partial charge < -0.3 is 68.5 Å². The van der Waals surface area contributed by atoms with E-state index in [4.69, 9.17) is 44.8 Å². The number of ether oxygens (including phenoxy) is 7. The average Bonchev–Trinajstić information content (AvgIpc) is 1.57. The molecule has 1 aromatic rings. The summed E-state index contributed by atoms with van der Waals surface area (Å²) < 4.78 is 40.8. The van der Waals surface area contributed by atoms with Crippen LogP contribution in [0.3, 0.4) is 0 Å². The van der Waals surface area contributed by atoms with Crippen LogP contribution in [0.4, 0.5) is 10.5 Å². The minimum absolute atomic E-state index is 0.0151. The fraction of sp³-hybridized carbons (Fsp3) is 0.667. The van der Waals surface area contributed by atoms with E-state index in [-0.39, 0.29) is 119 Å². The molecule has 0 aliphatic carbocycles. The van der Waals surface area contributed by atoms with E-state index in [0.717, 1.165) is 39.6 Å². The van der Waals surface area contributed by atoms with Gasteiger partial charge in [-0.3, -0.25) is 58.2 Å². The van der Waals surface area contributed by atoms with Crippen LogP contribution < -0.4 is 20.3 Å². The molecule has 34 heteroatoms. The van der Waals surface area contributed by atoms with Crippen molar-refractivity contribution in [2.24, 2.45) is 11.8 Å². The lowest BCUT2D eigenvalue weighted by Crippen LogP contribution is -2.63. The Bertz CT molecular complexity index is 3260. The third-order valence-corrected chi connectivity index (χ3v) is 26.4. The number of anilines is 1. The van der Waals surface area contributed by atoms with E-state index in [9.17, 15) is 72.9 Å².